The molecule has 0 saturated heterocycles. The van der Waals surface area contributed by atoms with Gasteiger partial charge in [-0.15, -0.1) is 0 Å². The molecule has 14 heavy (non-hydrogen) atoms. The van der Waals surface area contributed by atoms with Gasteiger partial charge in [-0.3, -0.25) is 4.79 Å². The Kier molecular flexibility index (Phi) is 3.88. The summed E-state index contributed by atoms with van der Waals surface area (Å²) in [6, 6.07) is 5.34. The van der Waals surface area contributed by atoms with Gasteiger partial charge in [0.1, 0.15) is 0 Å². The summed E-state index contributed by atoms with van der Waals surface area (Å²) < 4.78 is 1.05. The number of halogens is 1. The van der Waals surface area contributed by atoms with Crippen LogP contribution in [-0.2, 0) is 4.79 Å². The normalized spacial score (nSPS) is 12.5. The molecule has 3 N–H and O–H groups in total. The highest BCUT2D eigenvalue weighted by atomic mass is 127. The number of carboxylic acid groups (broad SMARTS) is 1. The fraction of sp³-hybridized carbons (Fsp3) is 0.300. The van der Waals surface area contributed by atoms with Gasteiger partial charge in [-0.05, 0) is 40.6 Å². The SMILES string of the molecule is Cc1cccc(C(N)CC(=O)O)c1I. The zero-order valence-electron chi connectivity index (χ0n) is 7.83. The lowest BCUT2D eigenvalue weighted by atomic mass is 10.0. The van der Waals surface area contributed by atoms with Crippen LogP contribution in [0.4, 0.5) is 0 Å². The minimum absolute atomic E-state index is 0.0283. The van der Waals surface area contributed by atoms with Crippen molar-refractivity contribution in [2.24, 2.45) is 5.73 Å². The average molecular weight is 305 g/mol. The number of benzene rings is 1. The predicted molar refractivity (Wildman–Crippen MR) is 63.1 cm³/mol. The Bertz CT molecular complexity index is 352. The lowest BCUT2D eigenvalue weighted by molar-refractivity contribution is -0.137. The maximum Gasteiger partial charge on any atom is 0.305 e. The predicted octanol–water partition coefficient (Wildman–Crippen LogP) is 2.07. The van der Waals surface area contributed by atoms with Gasteiger partial charge in [0.2, 0.25) is 0 Å². The number of nitrogens with two attached hydrogens (primary N) is 1. The molecule has 1 aromatic carbocycles. The highest BCUT2D eigenvalue weighted by Gasteiger charge is 2.13. The van der Waals surface area contributed by atoms with Crippen LogP contribution in [0.3, 0.4) is 0 Å². The fourth-order valence-corrected chi connectivity index (χ4v) is 2.01. The molecule has 0 bridgehead atoms. The molecule has 0 aromatic heterocycles. The third-order valence-electron chi connectivity index (χ3n) is 2.02. The van der Waals surface area contributed by atoms with Crippen LogP contribution in [0.1, 0.15) is 23.6 Å². The number of rotatable bonds is 3. The van der Waals surface area contributed by atoms with Gasteiger partial charge in [0, 0.05) is 9.61 Å². The van der Waals surface area contributed by atoms with Gasteiger partial charge in [-0.2, -0.15) is 0 Å². The van der Waals surface area contributed by atoms with E-state index in [-0.39, 0.29) is 6.42 Å². The van der Waals surface area contributed by atoms with Crippen molar-refractivity contribution in [3.63, 3.8) is 0 Å². The summed E-state index contributed by atoms with van der Waals surface area (Å²) in [6.07, 6.45) is -0.0283. The van der Waals surface area contributed by atoms with Crippen molar-refractivity contribution < 1.29 is 9.90 Å². The van der Waals surface area contributed by atoms with E-state index in [1.54, 1.807) is 0 Å². The van der Waals surface area contributed by atoms with Crippen molar-refractivity contribution in [1.82, 2.24) is 0 Å². The summed E-state index contributed by atoms with van der Waals surface area (Å²) in [6.45, 7) is 1.98. The molecule has 1 unspecified atom stereocenters. The van der Waals surface area contributed by atoms with E-state index < -0.39 is 12.0 Å². The fourth-order valence-electron chi connectivity index (χ4n) is 1.25. The third kappa shape index (κ3) is 2.68. The molecular formula is C10H12INO2. The first-order valence-corrected chi connectivity index (χ1v) is 5.32. The molecule has 0 amide bonds. The zero-order valence-corrected chi connectivity index (χ0v) is 9.98. The van der Waals surface area contributed by atoms with Gasteiger partial charge in [-0.25, -0.2) is 0 Å². The van der Waals surface area contributed by atoms with Crippen LogP contribution < -0.4 is 5.73 Å². The molecule has 0 aliphatic carbocycles. The summed E-state index contributed by atoms with van der Waals surface area (Å²) in [4.78, 5) is 10.5. The van der Waals surface area contributed by atoms with Crippen LogP contribution in [-0.4, -0.2) is 11.1 Å². The second-order valence-corrected chi connectivity index (χ2v) is 4.26. The van der Waals surface area contributed by atoms with Crippen molar-refractivity contribution in [1.29, 1.82) is 0 Å². The molecule has 0 fully saturated rings. The van der Waals surface area contributed by atoms with E-state index in [1.165, 1.54) is 0 Å². The van der Waals surface area contributed by atoms with Crippen LogP contribution in [0.25, 0.3) is 0 Å². The molecule has 3 nitrogen and oxygen atoms in total. The second kappa shape index (κ2) is 4.75. The van der Waals surface area contributed by atoms with Crippen LogP contribution in [0.2, 0.25) is 0 Å². The largest absolute Gasteiger partial charge is 0.481 e. The lowest BCUT2D eigenvalue weighted by Gasteiger charge is -2.12. The zero-order chi connectivity index (χ0) is 10.7. The van der Waals surface area contributed by atoms with E-state index in [2.05, 4.69) is 22.6 Å². The second-order valence-electron chi connectivity index (χ2n) is 3.18. The number of carbonyl (C=O) groups is 1. The van der Waals surface area contributed by atoms with Crippen molar-refractivity contribution >= 4 is 28.6 Å². The third-order valence-corrected chi connectivity index (χ3v) is 3.49. The number of carboxylic acids is 1. The van der Waals surface area contributed by atoms with Gasteiger partial charge in [0.25, 0.3) is 0 Å². The Balaban J connectivity index is 2.95. The van der Waals surface area contributed by atoms with E-state index >= 15 is 0 Å². The van der Waals surface area contributed by atoms with Gasteiger partial charge in [0.15, 0.2) is 0 Å². The minimum atomic E-state index is -0.866. The summed E-state index contributed by atoms with van der Waals surface area (Å²) in [5.41, 5.74) is 7.82. The molecule has 1 aromatic rings. The van der Waals surface area contributed by atoms with Crippen molar-refractivity contribution in [2.75, 3.05) is 0 Å². The summed E-state index contributed by atoms with van der Waals surface area (Å²) in [5, 5.41) is 8.62. The van der Waals surface area contributed by atoms with Crippen LogP contribution >= 0.6 is 22.6 Å². The Morgan fingerprint density at radius 3 is 2.86 bits per heavy atom. The van der Waals surface area contributed by atoms with Crippen molar-refractivity contribution in [2.45, 2.75) is 19.4 Å². The molecule has 0 aliphatic heterocycles. The Morgan fingerprint density at radius 2 is 2.29 bits per heavy atom. The number of hydrogen-bond acceptors (Lipinski definition) is 2. The Hall–Kier alpha value is -0.620. The molecule has 1 atom stereocenters. The summed E-state index contributed by atoms with van der Waals surface area (Å²) in [7, 11) is 0. The maximum atomic E-state index is 10.5. The smallest absolute Gasteiger partial charge is 0.305 e. The van der Waals surface area contributed by atoms with Gasteiger partial charge in [0.05, 0.1) is 6.42 Å². The molecule has 0 heterocycles. The Morgan fingerprint density at radius 1 is 1.64 bits per heavy atom. The Labute approximate surface area is 96.4 Å². The molecule has 0 spiro atoms. The van der Waals surface area contributed by atoms with Crippen molar-refractivity contribution in [3.8, 4) is 0 Å². The molecule has 0 saturated carbocycles. The first-order chi connectivity index (χ1) is 6.52. The maximum absolute atomic E-state index is 10.5. The van der Waals surface area contributed by atoms with Crippen LogP contribution in [0.5, 0.6) is 0 Å². The van der Waals surface area contributed by atoms with Gasteiger partial charge < -0.3 is 10.8 Å². The first-order valence-electron chi connectivity index (χ1n) is 4.24. The van der Waals surface area contributed by atoms with Crippen LogP contribution in [0.15, 0.2) is 18.2 Å². The van der Waals surface area contributed by atoms with Gasteiger partial charge >= 0.3 is 5.97 Å². The molecule has 4 heteroatoms. The molecule has 1 rings (SSSR count). The molecule has 0 aliphatic rings. The number of aliphatic carboxylic acids is 1. The van der Waals surface area contributed by atoms with E-state index in [9.17, 15) is 4.79 Å². The molecule has 76 valence electrons. The highest BCUT2D eigenvalue weighted by Crippen LogP contribution is 2.23. The summed E-state index contributed by atoms with van der Waals surface area (Å²) in [5.74, 6) is -0.866. The monoisotopic (exact) mass is 305 g/mol. The standard InChI is InChI=1S/C10H12INO2/c1-6-3-2-4-7(10(6)11)8(12)5-9(13)14/h2-4,8H,5,12H2,1H3,(H,13,14). The lowest BCUT2D eigenvalue weighted by Crippen LogP contribution is -2.16. The highest BCUT2D eigenvalue weighted by molar-refractivity contribution is 14.1. The number of aryl methyl sites for hydroxylation is 1. The van der Waals surface area contributed by atoms with E-state index in [0.717, 1.165) is 14.7 Å². The van der Waals surface area contributed by atoms with Crippen LogP contribution in [0, 0.1) is 10.5 Å². The van der Waals surface area contributed by atoms with Crippen molar-refractivity contribution in [3.05, 3.63) is 32.9 Å². The topological polar surface area (TPSA) is 63.3 Å². The minimum Gasteiger partial charge on any atom is -0.481 e. The quantitative estimate of drug-likeness (QED) is 0.840. The average Bonchev–Trinajstić information content (AvgIpc) is 2.08. The first kappa shape index (κ1) is 11.5. The number of hydrogen-bond donors (Lipinski definition) is 2. The molecule has 0 radical (unpaired) electrons. The van der Waals surface area contributed by atoms with E-state index in [4.69, 9.17) is 10.8 Å². The van der Waals surface area contributed by atoms with E-state index in [1.807, 2.05) is 25.1 Å². The summed E-state index contributed by atoms with van der Waals surface area (Å²) >= 11 is 2.19. The molecular weight excluding hydrogens is 293 g/mol. The van der Waals surface area contributed by atoms with E-state index in [0.29, 0.717) is 0 Å². The van der Waals surface area contributed by atoms with Gasteiger partial charge in [-0.1, -0.05) is 18.2 Å².